The lowest BCUT2D eigenvalue weighted by atomic mass is 9.93. The highest BCUT2D eigenvalue weighted by molar-refractivity contribution is 7.92. The lowest BCUT2D eigenvalue weighted by molar-refractivity contribution is -0.149. The first-order valence-corrected chi connectivity index (χ1v) is 8.18. The Morgan fingerprint density at radius 3 is 2.50 bits per heavy atom. The standard InChI is InChI=1S/C12H23NO4S/c1-4-12(11(14)15)6-5-7-13(12)8-9-18(16,17)10(2)3/h10H,4-9H2,1-3H3,(H,14,15). The van der Waals surface area contributed by atoms with Gasteiger partial charge in [-0.3, -0.25) is 9.69 Å². The summed E-state index contributed by atoms with van der Waals surface area (Å²) < 4.78 is 23.6. The monoisotopic (exact) mass is 277 g/mol. The molecule has 1 saturated heterocycles. The van der Waals surface area contributed by atoms with Crippen molar-refractivity contribution in [3.63, 3.8) is 0 Å². The Kier molecular flexibility index (Phi) is 4.78. The van der Waals surface area contributed by atoms with Crippen LogP contribution in [-0.4, -0.2) is 54.0 Å². The summed E-state index contributed by atoms with van der Waals surface area (Å²) in [7, 11) is -3.10. The summed E-state index contributed by atoms with van der Waals surface area (Å²) in [6, 6.07) is 0. The normalized spacial score (nSPS) is 25.8. The predicted molar refractivity (Wildman–Crippen MR) is 70.4 cm³/mol. The molecule has 18 heavy (non-hydrogen) atoms. The molecule has 5 nitrogen and oxygen atoms in total. The fourth-order valence-electron chi connectivity index (χ4n) is 2.53. The van der Waals surface area contributed by atoms with Crippen molar-refractivity contribution < 1.29 is 18.3 Å². The quantitative estimate of drug-likeness (QED) is 0.788. The number of carboxylic acids is 1. The van der Waals surface area contributed by atoms with E-state index in [1.807, 2.05) is 11.8 Å². The lowest BCUT2D eigenvalue weighted by Gasteiger charge is -2.33. The summed E-state index contributed by atoms with van der Waals surface area (Å²) in [6.07, 6.45) is 1.95. The van der Waals surface area contributed by atoms with Crippen molar-refractivity contribution in [1.82, 2.24) is 4.90 Å². The van der Waals surface area contributed by atoms with Crippen LogP contribution in [0.15, 0.2) is 0 Å². The largest absolute Gasteiger partial charge is 0.480 e. The van der Waals surface area contributed by atoms with Gasteiger partial charge < -0.3 is 5.11 Å². The molecule has 0 aromatic heterocycles. The van der Waals surface area contributed by atoms with Crippen LogP contribution in [0.2, 0.25) is 0 Å². The first-order valence-electron chi connectivity index (χ1n) is 6.46. The Morgan fingerprint density at radius 2 is 2.06 bits per heavy atom. The van der Waals surface area contributed by atoms with Gasteiger partial charge in [-0.2, -0.15) is 0 Å². The minimum atomic E-state index is -3.10. The van der Waals surface area contributed by atoms with Crippen LogP contribution >= 0.6 is 0 Å². The molecule has 0 bridgehead atoms. The van der Waals surface area contributed by atoms with Gasteiger partial charge in [0.2, 0.25) is 0 Å². The lowest BCUT2D eigenvalue weighted by Crippen LogP contribution is -2.51. The van der Waals surface area contributed by atoms with Crippen LogP contribution in [0, 0.1) is 0 Å². The molecule has 0 aromatic rings. The molecule has 106 valence electrons. The topological polar surface area (TPSA) is 74.7 Å². The number of sulfone groups is 1. The Morgan fingerprint density at radius 1 is 1.44 bits per heavy atom. The van der Waals surface area contributed by atoms with E-state index in [0.717, 1.165) is 6.42 Å². The van der Waals surface area contributed by atoms with E-state index in [-0.39, 0.29) is 5.75 Å². The number of rotatable bonds is 6. The highest BCUT2D eigenvalue weighted by Gasteiger charge is 2.46. The molecule has 0 spiro atoms. The van der Waals surface area contributed by atoms with Crippen LogP contribution in [0.25, 0.3) is 0 Å². The van der Waals surface area contributed by atoms with E-state index < -0.39 is 26.6 Å². The first-order chi connectivity index (χ1) is 8.26. The maximum atomic E-state index is 11.8. The molecule has 1 N–H and O–H groups in total. The molecule has 6 heteroatoms. The maximum absolute atomic E-state index is 11.8. The third-order valence-electron chi connectivity index (χ3n) is 3.97. The van der Waals surface area contributed by atoms with Crippen molar-refractivity contribution in [2.24, 2.45) is 0 Å². The fraction of sp³-hybridized carbons (Fsp3) is 0.917. The summed E-state index contributed by atoms with van der Waals surface area (Å²) in [4.78, 5) is 13.3. The summed E-state index contributed by atoms with van der Waals surface area (Å²) in [5.41, 5.74) is -0.855. The second kappa shape index (κ2) is 5.57. The molecule has 0 radical (unpaired) electrons. The summed E-state index contributed by atoms with van der Waals surface area (Å²) >= 11 is 0. The van der Waals surface area contributed by atoms with Crippen LogP contribution in [0.5, 0.6) is 0 Å². The third-order valence-corrected chi connectivity index (χ3v) is 6.16. The van der Waals surface area contributed by atoms with E-state index in [1.54, 1.807) is 13.8 Å². The summed E-state index contributed by atoms with van der Waals surface area (Å²) in [5.74, 6) is -0.788. The van der Waals surface area contributed by atoms with Crippen molar-refractivity contribution in [3.8, 4) is 0 Å². The SMILES string of the molecule is CCC1(C(=O)O)CCCN1CCS(=O)(=O)C(C)C. The molecule has 1 rings (SSSR count). The minimum Gasteiger partial charge on any atom is -0.480 e. The molecular weight excluding hydrogens is 254 g/mol. The van der Waals surface area contributed by atoms with E-state index >= 15 is 0 Å². The van der Waals surface area contributed by atoms with Gasteiger partial charge >= 0.3 is 5.97 Å². The molecule has 1 aliphatic heterocycles. The number of hydrogen-bond acceptors (Lipinski definition) is 4. The summed E-state index contributed by atoms with van der Waals surface area (Å²) in [6.45, 7) is 6.16. The van der Waals surface area contributed by atoms with Crippen molar-refractivity contribution in [2.75, 3.05) is 18.8 Å². The van der Waals surface area contributed by atoms with E-state index in [4.69, 9.17) is 0 Å². The van der Waals surface area contributed by atoms with Gasteiger partial charge in [0.25, 0.3) is 0 Å². The van der Waals surface area contributed by atoms with Crippen LogP contribution < -0.4 is 0 Å². The predicted octanol–water partition coefficient (Wildman–Crippen LogP) is 1.14. The van der Waals surface area contributed by atoms with Crippen molar-refractivity contribution in [1.29, 1.82) is 0 Å². The molecule has 0 amide bonds. The van der Waals surface area contributed by atoms with Crippen molar-refractivity contribution in [3.05, 3.63) is 0 Å². The molecule has 0 aliphatic carbocycles. The third kappa shape index (κ3) is 2.85. The molecule has 1 heterocycles. The second-order valence-electron chi connectivity index (χ2n) is 5.20. The molecule has 1 fully saturated rings. The van der Waals surface area contributed by atoms with Crippen LogP contribution in [-0.2, 0) is 14.6 Å². The number of carbonyl (C=O) groups is 1. The van der Waals surface area contributed by atoms with Gasteiger partial charge in [0.05, 0.1) is 11.0 Å². The number of nitrogens with zero attached hydrogens (tertiary/aromatic N) is 1. The van der Waals surface area contributed by atoms with E-state index in [2.05, 4.69) is 0 Å². The smallest absolute Gasteiger partial charge is 0.324 e. The van der Waals surface area contributed by atoms with Gasteiger partial charge in [-0.25, -0.2) is 8.42 Å². The Bertz CT molecular complexity index is 404. The van der Waals surface area contributed by atoms with Gasteiger partial charge in [-0.15, -0.1) is 0 Å². The van der Waals surface area contributed by atoms with E-state index in [1.165, 1.54) is 0 Å². The molecule has 1 atom stereocenters. The number of likely N-dealkylation sites (tertiary alicyclic amines) is 1. The highest BCUT2D eigenvalue weighted by atomic mass is 32.2. The van der Waals surface area contributed by atoms with Crippen molar-refractivity contribution in [2.45, 2.75) is 50.8 Å². The molecular formula is C12H23NO4S. The van der Waals surface area contributed by atoms with Gasteiger partial charge in [0.1, 0.15) is 5.54 Å². The zero-order chi connectivity index (χ0) is 14.0. The van der Waals surface area contributed by atoms with Crippen LogP contribution in [0.1, 0.15) is 40.0 Å². The highest BCUT2D eigenvalue weighted by Crippen LogP contribution is 2.32. The minimum absolute atomic E-state index is 0.0414. The Hall–Kier alpha value is -0.620. The number of aliphatic carboxylic acids is 1. The van der Waals surface area contributed by atoms with E-state index in [9.17, 15) is 18.3 Å². The van der Waals surface area contributed by atoms with Gasteiger partial charge in [0.15, 0.2) is 9.84 Å². The van der Waals surface area contributed by atoms with Crippen LogP contribution in [0.4, 0.5) is 0 Å². The van der Waals surface area contributed by atoms with Gasteiger partial charge in [-0.05, 0) is 39.7 Å². The first kappa shape index (κ1) is 15.4. The number of hydrogen-bond donors (Lipinski definition) is 1. The second-order valence-corrected chi connectivity index (χ2v) is 7.87. The Balaban J connectivity index is 2.76. The zero-order valence-electron chi connectivity index (χ0n) is 11.3. The fourth-order valence-corrected chi connectivity index (χ4v) is 3.47. The number of carboxylic acid groups (broad SMARTS) is 1. The van der Waals surface area contributed by atoms with Crippen LogP contribution in [0.3, 0.4) is 0 Å². The Labute approximate surface area is 109 Å². The molecule has 1 aliphatic rings. The van der Waals surface area contributed by atoms with Crippen molar-refractivity contribution >= 4 is 15.8 Å². The molecule has 0 saturated carbocycles. The van der Waals surface area contributed by atoms with Gasteiger partial charge in [-0.1, -0.05) is 6.92 Å². The molecule has 0 aromatic carbocycles. The van der Waals surface area contributed by atoms with E-state index in [0.29, 0.717) is 25.9 Å². The zero-order valence-corrected chi connectivity index (χ0v) is 12.2. The summed E-state index contributed by atoms with van der Waals surface area (Å²) in [5, 5.41) is 8.98. The maximum Gasteiger partial charge on any atom is 0.324 e. The molecule has 1 unspecified atom stereocenters. The average molecular weight is 277 g/mol. The average Bonchev–Trinajstić information content (AvgIpc) is 2.70. The van der Waals surface area contributed by atoms with Gasteiger partial charge in [0, 0.05) is 6.54 Å².